The van der Waals surface area contributed by atoms with E-state index in [0.717, 1.165) is 41.9 Å². The summed E-state index contributed by atoms with van der Waals surface area (Å²) in [6.45, 7) is 21.8. The van der Waals surface area contributed by atoms with Gasteiger partial charge in [-0.05, 0) is 137 Å². The maximum atomic E-state index is 10.2. The maximum absolute atomic E-state index is 10.2. The zero-order chi connectivity index (χ0) is 27.9. The summed E-state index contributed by atoms with van der Waals surface area (Å²) in [5.41, 5.74) is 2.03. The Labute approximate surface area is 237 Å². The lowest BCUT2D eigenvalue weighted by Crippen LogP contribution is -2.52. The second-order valence-corrected chi connectivity index (χ2v) is 16.3. The zero-order valence-electron chi connectivity index (χ0n) is 26.9. The molecule has 2 heteroatoms. The molecular formula is C36H64O2. The highest BCUT2D eigenvalue weighted by Crippen LogP contribution is 2.68. The number of hydrogen-bond acceptors (Lipinski definition) is 2. The highest BCUT2D eigenvalue weighted by atomic mass is 16.5. The first kappa shape index (κ1) is 30.6. The molecule has 220 valence electrons. The minimum absolute atomic E-state index is 0.0835. The smallest absolute Gasteiger partial charge is 0.0683 e. The Balaban J connectivity index is 1.44. The molecule has 0 aliphatic heterocycles. The van der Waals surface area contributed by atoms with E-state index in [9.17, 15) is 5.11 Å². The molecule has 9 atom stereocenters. The van der Waals surface area contributed by atoms with E-state index in [-0.39, 0.29) is 5.60 Å². The third-order valence-electron chi connectivity index (χ3n) is 13.0. The van der Waals surface area contributed by atoms with Gasteiger partial charge in [0.15, 0.2) is 0 Å². The molecule has 2 nitrogen and oxygen atoms in total. The van der Waals surface area contributed by atoms with E-state index in [1.165, 1.54) is 70.6 Å². The SMILES string of the molecule is CCC(C)(OCCC(C)(C)O)C1CC[C@@]2(C)C(=CC[C@H]3[C@@H]4CC[C@H]([C@H](C)CCCC(C)C)[C@@]4(C)CC[C@@H]32)C1. The molecule has 4 aliphatic rings. The molecule has 0 saturated heterocycles. The molecule has 0 aromatic rings. The zero-order valence-corrected chi connectivity index (χ0v) is 26.9. The summed E-state index contributed by atoms with van der Waals surface area (Å²) in [4.78, 5) is 0. The first-order chi connectivity index (χ1) is 17.7. The fourth-order valence-electron chi connectivity index (χ4n) is 10.2. The second-order valence-electron chi connectivity index (χ2n) is 16.3. The molecule has 0 spiro atoms. The Bertz CT molecular complexity index is 822. The van der Waals surface area contributed by atoms with E-state index in [1.807, 2.05) is 13.8 Å². The van der Waals surface area contributed by atoms with Gasteiger partial charge in [-0.3, -0.25) is 0 Å². The van der Waals surface area contributed by atoms with E-state index in [0.29, 0.717) is 29.8 Å². The minimum Gasteiger partial charge on any atom is -0.390 e. The average molecular weight is 529 g/mol. The van der Waals surface area contributed by atoms with Gasteiger partial charge in [0, 0.05) is 0 Å². The third kappa shape index (κ3) is 5.98. The van der Waals surface area contributed by atoms with Crippen LogP contribution in [0.5, 0.6) is 0 Å². The van der Waals surface area contributed by atoms with E-state index in [4.69, 9.17) is 4.74 Å². The van der Waals surface area contributed by atoms with Crippen molar-refractivity contribution >= 4 is 0 Å². The summed E-state index contributed by atoms with van der Waals surface area (Å²) in [6.07, 6.45) is 19.9. The van der Waals surface area contributed by atoms with E-state index in [1.54, 1.807) is 5.57 Å². The van der Waals surface area contributed by atoms with Crippen molar-refractivity contribution in [1.82, 2.24) is 0 Å². The van der Waals surface area contributed by atoms with Crippen molar-refractivity contribution in [2.75, 3.05) is 6.61 Å². The number of hydrogen-bond donors (Lipinski definition) is 1. The van der Waals surface area contributed by atoms with Crippen LogP contribution in [0.2, 0.25) is 0 Å². The summed E-state index contributed by atoms with van der Waals surface area (Å²) in [6, 6.07) is 0. The van der Waals surface area contributed by atoms with Crippen LogP contribution >= 0.6 is 0 Å². The van der Waals surface area contributed by atoms with Crippen LogP contribution in [0.15, 0.2) is 11.6 Å². The van der Waals surface area contributed by atoms with Crippen molar-refractivity contribution in [2.45, 2.75) is 157 Å². The van der Waals surface area contributed by atoms with Crippen molar-refractivity contribution in [3.8, 4) is 0 Å². The maximum Gasteiger partial charge on any atom is 0.0683 e. The number of allylic oxidation sites excluding steroid dienone is 2. The fraction of sp³-hybridized carbons (Fsp3) is 0.944. The summed E-state index contributed by atoms with van der Waals surface area (Å²) >= 11 is 0. The Morgan fingerprint density at radius 3 is 2.39 bits per heavy atom. The molecule has 0 aromatic carbocycles. The lowest BCUT2D eigenvalue weighted by Gasteiger charge is -2.59. The monoisotopic (exact) mass is 528 g/mol. The number of ether oxygens (including phenoxy) is 1. The van der Waals surface area contributed by atoms with Gasteiger partial charge in [0.2, 0.25) is 0 Å². The van der Waals surface area contributed by atoms with Crippen LogP contribution in [0.1, 0.15) is 146 Å². The largest absolute Gasteiger partial charge is 0.390 e. The standard InChI is InChI=1S/C36H64O2/c1-10-36(9,38-23-22-33(5,6)37)28-18-20-34(7)27(24-28)14-15-29-31-17-16-30(26(4)13-11-12-25(2)3)35(31,8)21-19-32(29)34/h14,25-26,28-32,37H,10-13,15-24H2,1-9H3/t26-,28?,29+,30-,31+,32+,34+,35-,36?/m1/s1. The predicted octanol–water partition coefficient (Wildman–Crippen LogP) is 9.99. The van der Waals surface area contributed by atoms with Crippen LogP contribution < -0.4 is 0 Å². The highest BCUT2D eigenvalue weighted by Gasteiger charge is 2.59. The predicted molar refractivity (Wildman–Crippen MR) is 162 cm³/mol. The summed E-state index contributed by atoms with van der Waals surface area (Å²) in [7, 11) is 0. The quantitative estimate of drug-likeness (QED) is 0.270. The number of aliphatic hydroxyl groups is 1. The van der Waals surface area contributed by atoms with Gasteiger partial charge in [0.25, 0.3) is 0 Å². The lowest BCUT2D eigenvalue weighted by molar-refractivity contribution is -0.109. The van der Waals surface area contributed by atoms with Gasteiger partial charge in [-0.25, -0.2) is 0 Å². The van der Waals surface area contributed by atoms with Crippen LogP contribution in [0.4, 0.5) is 0 Å². The minimum atomic E-state index is -0.651. The molecule has 3 saturated carbocycles. The summed E-state index contributed by atoms with van der Waals surface area (Å²) in [5, 5.41) is 10.2. The number of fused-ring (bicyclic) bond motifs is 5. The van der Waals surface area contributed by atoms with Gasteiger partial charge in [0.1, 0.15) is 0 Å². The summed E-state index contributed by atoms with van der Waals surface area (Å²) < 4.78 is 6.57. The van der Waals surface area contributed by atoms with Crippen molar-refractivity contribution in [2.24, 2.45) is 52.3 Å². The van der Waals surface area contributed by atoms with Crippen LogP contribution in [-0.2, 0) is 4.74 Å². The normalized spacial score (nSPS) is 39.7. The molecule has 0 amide bonds. The summed E-state index contributed by atoms with van der Waals surface area (Å²) in [5.74, 6) is 6.02. The lowest BCUT2D eigenvalue weighted by atomic mass is 9.46. The molecular weight excluding hydrogens is 464 g/mol. The Morgan fingerprint density at radius 2 is 1.74 bits per heavy atom. The molecule has 4 aliphatic carbocycles. The van der Waals surface area contributed by atoms with Gasteiger partial charge in [0.05, 0.1) is 17.8 Å². The molecule has 1 N–H and O–H groups in total. The van der Waals surface area contributed by atoms with Crippen molar-refractivity contribution in [1.29, 1.82) is 0 Å². The van der Waals surface area contributed by atoms with Gasteiger partial charge < -0.3 is 9.84 Å². The van der Waals surface area contributed by atoms with Gasteiger partial charge in [-0.1, -0.05) is 72.5 Å². The van der Waals surface area contributed by atoms with Crippen molar-refractivity contribution in [3.63, 3.8) is 0 Å². The van der Waals surface area contributed by atoms with Crippen LogP contribution in [-0.4, -0.2) is 22.9 Å². The molecule has 38 heavy (non-hydrogen) atoms. The third-order valence-corrected chi connectivity index (χ3v) is 13.0. The van der Waals surface area contributed by atoms with Gasteiger partial charge in [-0.2, -0.15) is 0 Å². The second kappa shape index (κ2) is 11.5. The first-order valence-corrected chi connectivity index (χ1v) is 16.8. The van der Waals surface area contributed by atoms with Crippen LogP contribution in [0, 0.1) is 52.3 Å². The number of rotatable bonds is 11. The van der Waals surface area contributed by atoms with Gasteiger partial charge in [-0.15, -0.1) is 0 Å². The molecule has 3 fully saturated rings. The van der Waals surface area contributed by atoms with Crippen molar-refractivity contribution < 1.29 is 9.84 Å². The first-order valence-electron chi connectivity index (χ1n) is 16.8. The van der Waals surface area contributed by atoms with Crippen LogP contribution in [0.25, 0.3) is 0 Å². The molecule has 4 rings (SSSR count). The van der Waals surface area contributed by atoms with Gasteiger partial charge >= 0.3 is 0 Å². The fourth-order valence-corrected chi connectivity index (χ4v) is 10.2. The topological polar surface area (TPSA) is 29.5 Å². The average Bonchev–Trinajstić information content (AvgIpc) is 3.19. The Hall–Kier alpha value is -0.340. The van der Waals surface area contributed by atoms with Crippen molar-refractivity contribution in [3.05, 3.63) is 11.6 Å². The molecule has 0 radical (unpaired) electrons. The Kier molecular flexibility index (Phi) is 9.27. The molecule has 0 heterocycles. The Morgan fingerprint density at radius 1 is 1.00 bits per heavy atom. The molecule has 0 bridgehead atoms. The van der Waals surface area contributed by atoms with Crippen LogP contribution in [0.3, 0.4) is 0 Å². The highest BCUT2D eigenvalue weighted by molar-refractivity contribution is 5.26. The van der Waals surface area contributed by atoms with E-state index < -0.39 is 5.60 Å². The van der Waals surface area contributed by atoms with E-state index >= 15 is 0 Å². The molecule has 2 unspecified atom stereocenters. The van der Waals surface area contributed by atoms with E-state index in [2.05, 4.69) is 54.5 Å². The molecule has 0 aromatic heterocycles.